The van der Waals surface area contributed by atoms with Gasteiger partial charge in [0.2, 0.25) is 0 Å². The summed E-state index contributed by atoms with van der Waals surface area (Å²) in [5.41, 5.74) is 2.93. The molecule has 60 valence electrons. The maximum atomic E-state index is 4.00. The number of aromatic nitrogens is 3. The molecule has 0 bridgehead atoms. The standard InChI is InChI=1S/C8H13N3/c1-4-5-6(2)8-7(3)9-11-10-8/h2,4-5H2,1,3H3,(H,9,10,11). The van der Waals surface area contributed by atoms with Crippen LogP contribution < -0.4 is 0 Å². The predicted molar refractivity (Wildman–Crippen MR) is 45.1 cm³/mol. The van der Waals surface area contributed by atoms with E-state index in [4.69, 9.17) is 0 Å². The molecule has 0 radical (unpaired) electrons. The monoisotopic (exact) mass is 151 g/mol. The lowest BCUT2D eigenvalue weighted by molar-refractivity contribution is 0.918. The van der Waals surface area contributed by atoms with Crippen LogP contribution in [0.15, 0.2) is 6.58 Å². The molecule has 0 aliphatic heterocycles. The fourth-order valence-corrected chi connectivity index (χ4v) is 1.04. The zero-order valence-electron chi connectivity index (χ0n) is 7.02. The summed E-state index contributed by atoms with van der Waals surface area (Å²) in [4.78, 5) is 0. The van der Waals surface area contributed by atoms with E-state index in [1.54, 1.807) is 0 Å². The summed E-state index contributed by atoms with van der Waals surface area (Å²) in [5, 5.41) is 10.5. The van der Waals surface area contributed by atoms with Gasteiger partial charge in [0.05, 0.1) is 5.69 Å². The molecular weight excluding hydrogens is 138 g/mol. The summed E-state index contributed by atoms with van der Waals surface area (Å²) in [6.07, 6.45) is 2.10. The third-order valence-electron chi connectivity index (χ3n) is 1.61. The van der Waals surface area contributed by atoms with Crippen LogP contribution in [0.5, 0.6) is 0 Å². The molecule has 0 aromatic carbocycles. The zero-order chi connectivity index (χ0) is 8.27. The minimum atomic E-state index is 0.923. The number of nitrogens with zero attached hydrogens (tertiary/aromatic N) is 2. The van der Waals surface area contributed by atoms with E-state index in [1.165, 1.54) is 0 Å². The van der Waals surface area contributed by atoms with Crippen molar-refractivity contribution in [2.24, 2.45) is 0 Å². The second kappa shape index (κ2) is 3.32. The molecule has 0 saturated heterocycles. The smallest absolute Gasteiger partial charge is 0.111 e. The lowest BCUT2D eigenvalue weighted by Gasteiger charge is -1.97. The summed E-state index contributed by atoms with van der Waals surface area (Å²) < 4.78 is 0. The molecule has 1 aromatic rings. The first-order chi connectivity index (χ1) is 5.25. The van der Waals surface area contributed by atoms with Crippen LogP contribution in [-0.4, -0.2) is 15.4 Å². The molecule has 0 fully saturated rings. The maximum Gasteiger partial charge on any atom is 0.111 e. The van der Waals surface area contributed by atoms with Gasteiger partial charge in [0.1, 0.15) is 5.69 Å². The average molecular weight is 151 g/mol. The molecular formula is C8H13N3. The molecule has 1 aromatic heterocycles. The number of hydrogen-bond donors (Lipinski definition) is 1. The number of rotatable bonds is 3. The summed E-state index contributed by atoms with van der Waals surface area (Å²) >= 11 is 0. The molecule has 1 rings (SSSR count). The summed E-state index contributed by atoms with van der Waals surface area (Å²) in [5.74, 6) is 0. The second-order valence-electron chi connectivity index (χ2n) is 2.61. The Hall–Kier alpha value is -1.12. The van der Waals surface area contributed by atoms with Crippen LogP contribution in [0.2, 0.25) is 0 Å². The predicted octanol–water partition coefficient (Wildman–Crippen LogP) is 1.93. The third kappa shape index (κ3) is 1.67. The van der Waals surface area contributed by atoms with E-state index >= 15 is 0 Å². The number of hydrogen-bond acceptors (Lipinski definition) is 2. The topological polar surface area (TPSA) is 41.6 Å². The van der Waals surface area contributed by atoms with Gasteiger partial charge in [-0.3, -0.25) is 0 Å². The van der Waals surface area contributed by atoms with Gasteiger partial charge in [-0.1, -0.05) is 19.9 Å². The van der Waals surface area contributed by atoms with Gasteiger partial charge in [-0.25, -0.2) is 0 Å². The second-order valence-corrected chi connectivity index (χ2v) is 2.61. The van der Waals surface area contributed by atoms with E-state index in [9.17, 15) is 0 Å². The molecule has 0 spiro atoms. The Morgan fingerprint density at radius 1 is 1.55 bits per heavy atom. The highest BCUT2D eigenvalue weighted by atomic mass is 15.3. The van der Waals surface area contributed by atoms with Crippen molar-refractivity contribution < 1.29 is 0 Å². The van der Waals surface area contributed by atoms with Gasteiger partial charge in [-0.2, -0.15) is 15.4 Å². The van der Waals surface area contributed by atoms with Gasteiger partial charge >= 0.3 is 0 Å². The molecule has 0 saturated carbocycles. The van der Waals surface area contributed by atoms with E-state index in [-0.39, 0.29) is 0 Å². The molecule has 0 amide bonds. The number of H-pyrrole nitrogens is 1. The minimum absolute atomic E-state index is 0.923. The average Bonchev–Trinajstić information content (AvgIpc) is 2.36. The molecule has 0 unspecified atom stereocenters. The van der Waals surface area contributed by atoms with E-state index in [1.807, 2.05) is 6.92 Å². The van der Waals surface area contributed by atoms with Crippen molar-refractivity contribution in [1.82, 2.24) is 15.4 Å². The largest absolute Gasteiger partial charge is 0.197 e. The van der Waals surface area contributed by atoms with E-state index in [0.29, 0.717) is 0 Å². The normalized spacial score (nSPS) is 10.0. The first-order valence-electron chi connectivity index (χ1n) is 3.81. The fraction of sp³-hybridized carbons (Fsp3) is 0.500. The molecule has 1 N–H and O–H groups in total. The molecule has 0 aliphatic rings. The van der Waals surface area contributed by atoms with E-state index < -0.39 is 0 Å². The third-order valence-corrected chi connectivity index (χ3v) is 1.61. The Kier molecular flexibility index (Phi) is 2.41. The zero-order valence-corrected chi connectivity index (χ0v) is 7.02. The molecule has 0 atom stereocenters. The highest BCUT2D eigenvalue weighted by molar-refractivity contribution is 5.60. The van der Waals surface area contributed by atoms with Crippen LogP contribution in [0.3, 0.4) is 0 Å². The molecule has 0 aliphatic carbocycles. The van der Waals surface area contributed by atoms with Gasteiger partial charge in [0.25, 0.3) is 0 Å². The Bertz CT molecular complexity index is 250. The fourth-order valence-electron chi connectivity index (χ4n) is 1.04. The van der Waals surface area contributed by atoms with Gasteiger partial charge < -0.3 is 0 Å². The van der Waals surface area contributed by atoms with Crippen molar-refractivity contribution in [2.45, 2.75) is 26.7 Å². The summed E-state index contributed by atoms with van der Waals surface area (Å²) in [6.45, 7) is 7.98. The van der Waals surface area contributed by atoms with Crippen molar-refractivity contribution in [2.75, 3.05) is 0 Å². The van der Waals surface area contributed by atoms with Gasteiger partial charge in [0.15, 0.2) is 0 Å². The SMILES string of the molecule is C=C(CCC)c1n[nH]nc1C. The van der Waals surface area contributed by atoms with Crippen molar-refractivity contribution in [3.63, 3.8) is 0 Å². The van der Waals surface area contributed by atoms with Crippen LogP contribution in [0.1, 0.15) is 31.2 Å². The summed E-state index contributed by atoms with van der Waals surface area (Å²) in [7, 11) is 0. The van der Waals surface area contributed by atoms with Crippen molar-refractivity contribution in [3.05, 3.63) is 18.0 Å². The maximum absolute atomic E-state index is 4.00. The Morgan fingerprint density at radius 3 is 2.73 bits per heavy atom. The summed E-state index contributed by atoms with van der Waals surface area (Å²) in [6, 6.07) is 0. The van der Waals surface area contributed by atoms with Crippen LogP contribution in [0.25, 0.3) is 5.57 Å². The molecule has 1 heterocycles. The highest BCUT2D eigenvalue weighted by Crippen LogP contribution is 2.16. The Balaban J connectivity index is 2.76. The number of aryl methyl sites for hydroxylation is 1. The van der Waals surface area contributed by atoms with Gasteiger partial charge in [0, 0.05) is 0 Å². The molecule has 3 heteroatoms. The van der Waals surface area contributed by atoms with Crippen molar-refractivity contribution >= 4 is 5.57 Å². The minimum Gasteiger partial charge on any atom is -0.197 e. The molecule has 11 heavy (non-hydrogen) atoms. The number of nitrogens with one attached hydrogen (secondary N) is 1. The van der Waals surface area contributed by atoms with Crippen LogP contribution in [0.4, 0.5) is 0 Å². The van der Waals surface area contributed by atoms with Crippen LogP contribution in [-0.2, 0) is 0 Å². The first-order valence-corrected chi connectivity index (χ1v) is 3.81. The quantitative estimate of drug-likeness (QED) is 0.717. The number of aromatic amines is 1. The first kappa shape index (κ1) is 7.98. The van der Waals surface area contributed by atoms with Gasteiger partial charge in [-0.15, -0.1) is 0 Å². The number of allylic oxidation sites excluding steroid dienone is 1. The van der Waals surface area contributed by atoms with Crippen molar-refractivity contribution in [3.8, 4) is 0 Å². The Labute approximate surface area is 66.5 Å². The lowest BCUT2D eigenvalue weighted by Crippen LogP contribution is -1.85. The van der Waals surface area contributed by atoms with Crippen molar-refractivity contribution in [1.29, 1.82) is 0 Å². The van der Waals surface area contributed by atoms with Crippen LogP contribution >= 0.6 is 0 Å². The lowest BCUT2D eigenvalue weighted by atomic mass is 10.1. The van der Waals surface area contributed by atoms with E-state index in [2.05, 4.69) is 28.9 Å². The van der Waals surface area contributed by atoms with Gasteiger partial charge in [-0.05, 0) is 18.9 Å². The van der Waals surface area contributed by atoms with E-state index in [0.717, 1.165) is 29.8 Å². The Morgan fingerprint density at radius 2 is 2.27 bits per heavy atom. The molecule has 3 nitrogen and oxygen atoms in total. The van der Waals surface area contributed by atoms with Crippen LogP contribution in [0, 0.1) is 6.92 Å². The highest BCUT2D eigenvalue weighted by Gasteiger charge is 2.04.